The van der Waals surface area contributed by atoms with Crippen LogP contribution in [0.4, 0.5) is 11.8 Å². The summed E-state index contributed by atoms with van der Waals surface area (Å²) in [6, 6.07) is 1.82. The first-order valence-corrected chi connectivity index (χ1v) is 5.32. The molecule has 0 saturated carbocycles. The van der Waals surface area contributed by atoms with E-state index in [0.29, 0.717) is 12.5 Å². The maximum Gasteiger partial charge on any atom is 0.239 e. The van der Waals surface area contributed by atoms with E-state index in [-0.39, 0.29) is 5.91 Å². The molecule has 2 heterocycles. The Bertz CT molecular complexity index is 381. The summed E-state index contributed by atoms with van der Waals surface area (Å²) in [5.74, 6) is 1.40. The third kappa shape index (κ3) is 2.39. The highest BCUT2D eigenvalue weighted by atomic mass is 16.2. The number of aromatic nitrogens is 2. The summed E-state index contributed by atoms with van der Waals surface area (Å²) in [6.07, 6.45) is 2.63. The first kappa shape index (κ1) is 10.7. The van der Waals surface area contributed by atoms with Crippen LogP contribution in [0.3, 0.4) is 0 Å². The summed E-state index contributed by atoms with van der Waals surface area (Å²) in [7, 11) is 1.77. The number of carbonyl (C=O) groups is 1. The molecule has 2 rings (SSSR count). The fourth-order valence-electron chi connectivity index (χ4n) is 1.65. The van der Waals surface area contributed by atoms with Crippen LogP contribution in [0.5, 0.6) is 0 Å². The average molecular weight is 221 g/mol. The van der Waals surface area contributed by atoms with E-state index in [0.717, 1.165) is 25.3 Å². The molecule has 0 unspecified atom stereocenters. The molecule has 1 aliphatic heterocycles. The van der Waals surface area contributed by atoms with Gasteiger partial charge in [0.1, 0.15) is 5.82 Å². The molecule has 0 bridgehead atoms. The van der Waals surface area contributed by atoms with Gasteiger partial charge < -0.3 is 15.5 Å². The molecule has 16 heavy (non-hydrogen) atoms. The lowest BCUT2D eigenvalue weighted by Gasteiger charge is -2.19. The highest BCUT2D eigenvalue weighted by molar-refractivity contribution is 5.81. The van der Waals surface area contributed by atoms with E-state index in [1.807, 2.05) is 11.0 Å². The first-order valence-electron chi connectivity index (χ1n) is 5.32. The summed E-state index contributed by atoms with van der Waals surface area (Å²) in [6.45, 7) is 1.93. The predicted octanol–water partition coefficient (Wildman–Crippen LogP) is -0.155. The Kier molecular flexibility index (Phi) is 3.19. The molecule has 1 aromatic rings. The van der Waals surface area contributed by atoms with Crippen LogP contribution in [0.1, 0.15) is 6.42 Å². The van der Waals surface area contributed by atoms with E-state index in [9.17, 15) is 4.79 Å². The van der Waals surface area contributed by atoms with Crippen molar-refractivity contribution >= 4 is 17.7 Å². The third-order valence-corrected chi connectivity index (χ3v) is 2.45. The quantitative estimate of drug-likeness (QED) is 0.726. The minimum atomic E-state index is 0.0436. The lowest BCUT2D eigenvalue weighted by Crippen LogP contribution is -2.33. The number of hydrogen-bond acceptors (Lipinski definition) is 5. The molecule has 0 aromatic carbocycles. The van der Waals surface area contributed by atoms with Crippen LogP contribution in [0.15, 0.2) is 12.3 Å². The molecule has 1 aliphatic rings. The molecule has 6 nitrogen and oxygen atoms in total. The van der Waals surface area contributed by atoms with Gasteiger partial charge in [-0.05, 0) is 12.5 Å². The second kappa shape index (κ2) is 4.78. The van der Waals surface area contributed by atoms with Gasteiger partial charge in [0.15, 0.2) is 0 Å². The molecule has 6 heteroatoms. The molecule has 1 aromatic heterocycles. The lowest BCUT2D eigenvalue weighted by molar-refractivity contribution is -0.119. The zero-order chi connectivity index (χ0) is 11.4. The molecule has 1 fully saturated rings. The minimum Gasteiger partial charge on any atom is -0.357 e. The van der Waals surface area contributed by atoms with Crippen molar-refractivity contribution in [3.63, 3.8) is 0 Å². The SMILES string of the molecule is CNc1nccc(N2CCCNC(=O)C2)n1. The van der Waals surface area contributed by atoms with E-state index in [4.69, 9.17) is 0 Å². The van der Waals surface area contributed by atoms with E-state index in [1.54, 1.807) is 13.2 Å². The number of anilines is 2. The topological polar surface area (TPSA) is 70.2 Å². The van der Waals surface area contributed by atoms with Gasteiger partial charge in [0, 0.05) is 26.3 Å². The number of hydrogen-bond donors (Lipinski definition) is 2. The Hall–Kier alpha value is -1.85. The minimum absolute atomic E-state index is 0.0436. The van der Waals surface area contributed by atoms with Gasteiger partial charge in [0.2, 0.25) is 11.9 Å². The summed E-state index contributed by atoms with van der Waals surface area (Å²) in [5.41, 5.74) is 0. The van der Waals surface area contributed by atoms with Crippen molar-refractivity contribution in [3.05, 3.63) is 12.3 Å². The van der Waals surface area contributed by atoms with Crippen molar-refractivity contribution in [2.75, 3.05) is 36.9 Å². The number of carbonyl (C=O) groups excluding carboxylic acids is 1. The van der Waals surface area contributed by atoms with Crippen molar-refractivity contribution in [2.45, 2.75) is 6.42 Å². The van der Waals surface area contributed by atoms with Crippen molar-refractivity contribution < 1.29 is 4.79 Å². The zero-order valence-corrected chi connectivity index (χ0v) is 9.23. The molecule has 2 N–H and O–H groups in total. The first-order chi connectivity index (χ1) is 7.79. The number of rotatable bonds is 2. The fourth-order valence-corrected chi connectivity index (χ4v) is 1.65. The van der Waals surface area contributed by atoms with Gasteiger partial charge in [-0.2, -0.15) is 4.98 Å². The summed E-state index contributed by atoms with van der Waals surface area (Å²) in [4.78, 5) is 21.7. The molecule has 1 amide bonds. The van der Waals surface area contributed by atoms with Crippen LogP contribution in [-0.4, -0.2) is 42.6 Å². The van der Waals surface area contributed by atoms with Crippen molar-refractivity contribution in [3.8, 4) is 0 Å². The van der Waals surface area contributed by atoms with Gasteiger partial charge >= 0.3 is 0 Å². The largest absolute Gasteiger partial charge is 0.357 e. The highest BCUT2D eigenvalue weighted by Crippen LogP contribution is 2.12. The number of nitrogens with zero attached hydrogens (tertiary/aromatic N) is 3. The Labute approximate surface area is 94.1 Å². The number of amides is 1. The zero-order valence-electron chi connectivity index (χ0n) is 9.23. The van der Waals surface area contributed by atoms with Gasteiger partial charge in [0.25, 0.3) is 0 Å². The standard InChI is InChI=1S/C10H15N5O/c1-11-10-13-5-3-8(14-10)15-6-2-4-12-9(16)7-15/h3,5H,2,4,6-7H2,1H3,(H,12,16)(H,11,13,14). The van der Waals surface area contributed by atoms with Crippen LogP contribution in [-0.2, 0) is 4.79 Å². The van der Waals surface area contributed by atoms with Gasteiger partial charge in [-0.15, -0.1) is 0 Å². The maximum atomic E-state index is 11.4. The summed E-state index contributed by atoms with van der Waals surface area (Å²) in [5, 5.41) is 5.72. The van der Waals surface area contributed by atoms with Gasteiger partial charge in [0.05, 0.1) is 6.54 Å². The summed E-state index contributed by atoms with van der Waals surface area (Å²) < 4.78 is 0. The molecule has 0 radical (unpaired) electrons. The van der Waals surface area contributed by atoms with Crippen LogP contribution in [0.25, 0.3) is 0 Å². The van der Waals surface area contributed by atoms with Crippen molar-refractivity contribution in [1.82, 2.24) is 15.3 Å². The molecule has 0 atom stereocenters. The van der Waals surface area contributed by atoms with Gasteiger partial charge in [-0.1, -0.05) is 0 Å². The van der Waals surface area contributed by atoms with E-state index >= 15 is 0 Å². The van der Waals surface area contributed by atoms with Crippen molar-refractivity contribution in [1.29, 1.82) is 0 Å². The highest BCUT2D eigenvalue weighted by Gasteiger charge is 2.16. The third-order valence-electron chi connectivity index (χ3n) is 2.45. The Morgan fingerprint density at radius 3 is 3.25 bits per heavy atom. The van der Waals surface area contributed by atoms with Crippen LogP contribution < -0.4 is 15.5 Å². The van der Waals surface area contributed by atoms with Crippen molar-refractivity contribution in [2.24, 2.45) is 0 Å². The molecule has 86 valence electrons. The Morgan fingerprint density at radius 1 is 1.56 bits per heavy atom. The summed E-state index contributed by atoms with van der Waals surface area (Å²) >= 11 is 0. The predicted molar refractivity (Wildman–Crippen MR) is 61.4 cm³/mol. The van der Waals surface area contributed by atoms with Gasteiger partial charge in [-0.3, -0.25) is 4.79 Å². The molecule has 0 aliphatic carbocycles. The van der Waals surface area contributed by atoms with Crippen LogP contribution >= 0.6 is 0 Å². The van der Waals surface area contributed by atoms with Crippen LogP contribution in [0, 0.1) is 0 Å². The van der Waals surface area contributed by atoms with Crippen LogP contribution in [0.2, 0.25) is 0 Å². The number of nitrogens with one attached hydrogen (secondary N) is 2. The second-order valence-electron chi connectivity index (χ2n) is 3.61. The Balaban J connectivity index is 2.17. The molecular formula is C10H15N5O. The molecule has 1 saturated heterocycles. The monoisotopic (exact) mass is 221 g/mol. The van der Waals surface area contributed by atoms with E-state index in [1.165, 1.54) is 0 Å². The lowest BCUT2D eigenvalue weighted by atomic mass is 10.4. The normalized spacial score (nSPS) is 16.6. The molecule has 0 spiro atoms. The maximum absolute atomic E-state index is 11.4. The average Bonchev–Trinajstić information content (AvgIpc) is 2.54. The molecular weight excluding hydrogens is 206 g/mol. The van der Waals surface area contributed by atoms with E-state index < -0.39 is 0 Å². The van der Waals surface area contributed by atoms with Gasteiger partial charge in [-0.25, -0.2) is 4.98 Å². The second-order valence-corrected chi connectivity index (χ2v) is 3.61. The fraction of sp³-hybridized carbons (Fsp3) is 0.500. The smallest absolute Gasteiger partial charge is 0.239 e. The van der Waals surface area contributed by atoms with E-state index in [2.05, 4.69) is 20.6 Å². The Morgan fingerprint density at radius 2 is 2.44 bits per heavy atom.